The summed E-state index contributed by atoms with van der Waals surface area (Å²) in [4.78, 5) is 14.2. The fourth-order valence-electron chi connectivity index (χ4n) is 2.49. The Morgan fingerprint density at radius 2 is 2.16 bits per heavy atom. The van der Waals surface area contributed by atoms with Crippen molar-refractivity contribution < 1.29 is 9.18 Å². The topological polar surface area (TPSA) is 32.3 Å². The lowest BCUT2D eigenvalue weighted by atomic mass is 10.0. The van der Waals surface area contributed by atoms with Gasteiger partial charge in [0.1, 0.15) is 5.82 Å². The number of anilines is 1. The van der Waals surface area contributed by atoms with E-state index in [1.807, 2.05) is 13.8 Å². The van der Waals surface area contributed by atoms with E-state index in [2.05, 4.69) is 5.32 Å². The maximum Gasteiger partial charge on any atom is 0.244 e. The Labute approximate surface area is 113 Å². The number of piperidine rings is 1. The molecule has 0 aromatic heterocycles. The number of nitrogens with one attached hydrogen (secondary N) is 1. The first-order chi connectivity index (χ1) is 8.99. The maximum absolute atomic E-state index is 13.3. The molecule has 1 aromatic rings. The van der Waals surface area contributed by atoms with Crippen LogP contribution in [-0.4, -0.2) is 24.5 Å². The van der Waals surface area contributed by atoms with E-state index in [1.54, 1.807) is 24.0 Å². The van der Waals surface area contributed by atoms with Gasteiger partial charge in [0, 0.05) is 18.3 Å². The lowest BCUT2D eigenvalue weighted by Crippen LogP contribution is -2.52. The zero-order valence-corrected chi connectivity index (χ0v) is 11.7. The van der Waals surface area contributed by atoms with Crippen LogP contribution < -0.4 is 10.2 Å². The molecule has 1 unspecified atom stereocenters. The van der Waals surface area contributed by atoms with E-state index in [0.717, 1.165) is 18.5 Å². The standard InChI is InChI=1S/C15H21FN2O/c1-10(2)17-14-5-4-8-18(15(14)19)12-6-7-13(16)11(3)9-12/h6-7,9-10,14,17H,4-5,8H2,1-3H3. The van der Waals surface area contributed by atoms with E-state index in [-0.39, 0.29) is 23.8 Å². The average Bonchev–Trinajstić information content (AvgIpc) is 2.35. The van der Waals surface area contributed by atoms with Crippen molar-refractivity contribution in [3.05, 3.63) is 29.6 Å². The Hall–Kier alpha value is -1.42. The van der Waals surface area contributed by atoms with Gasteiger partial charge in [-0.15, -0.1) is 0 Å². The van der Waals surface area contributed by atoms with Gasteiger partial charge in [-0.2, -0.15) is 0 Å². The van der Waals surface area contributed by atoms with E-state index >= 15 is 0 Å². The van der Waals surface area contributed by atoms with Crippen molar-refractivity contribution in [3.63, 3.8) is 0 Å². The van der Waals surface area contributed by atoms with Crippen LogP contribution in [0.25, 0.3) is 0 Å². The third kappa shape index (κ3) is 3.13. The van der Waals surface area contributed by atoms with Crippen LogP contribution in [0.4, 0.5) is 10.1 Å². The molecule has 1 heterocycles. The zero-order chi connectivity index (χ0) is 14.0. The minimum absolute atomic E-state index is 0.0889. The number of hydrogen-bond acceptors (Lipinski definition) is 2. The number of amides is 1. The molecular formula is C15H21FN2O. The molecule has 0 saturated carbocycles. The molecule has 1 amide bonds. The molecule has 1 N–H and O–H groups in total. The summed E-state index contributed by atoms with van der Waals surface area (Å²) >= 11 is 0. The summed E-state index contributed by atoms with van der Waals surface area (Å²) in [5.74, 6) is -0.143. The first-order valence-corrected chi connectivity index (χ1v) is 6.82. The molecule has 1 aliphatic heterocycles. The summed E-state index contributed by atoms with van der Waals surface area (Å²) in [6.45, 7) is 6.50. The molecule has 1 atom stereocenters. The Morgan fingerprint density at radius 3 is 2.79 bits per heavy atom. The largest absolute Gasteiger partial charge is 0.311 e. The highest BCUT2D eigenvalue weighted by Crippen LogP contribution is 2.23. The molecular weight excluding hydrogens is 243 g/mol. The van der Waals surface area contributed by atoms with E-state index < -0.39 is 0 Å². The summed E-state index contributed by atoms with van der Waals surface area (Å²) in [6.07, 6.45) is 1.83. The van der Waals surface area contributed by atoms with Gasteiger partial charge in [0.15, 0.2) is 0 Å². The zero-order valence-electron chi connectivity index (χ0n) is 11.7. The molecule has 1 fully saturated rings. The third-order valence-corrected chi connectivity index (χ3v) is 3.43. The molecule has 104 valence electrons. The molecule has 1 aliphatic rings. The first-order valence-electron chi connectivity index (χ1n) is 6.82. The summed E-state index contributed by atoms with van der Waals surface area (Å²) in [7, 11) is 0. The van der Waals surface area contributed by atoms with Gasteiger partial charge in [0.05, 0.1) is 6.04 Å². The average molecular weight is 264 g/mol. The van der Waals surface area contributed by atoms with Crippen LogP contribution in [0.15, 0.2) is 18.2 Å². The predicted molar refractivity (Wildman–Crippen MR) is 74.8 cm³/mol. The molecule has 0 spiro atoms. The van der Waals surface area contributed by atoms with Crippen molar-refractivity contribution in [3.8, 4) is 0 Å². The second kappa shape index (κ2) is 5.70. The van der Waals surface area contributed by atoms with Crippen molar-refractivity contribution in [2.45, 2.75) is 45.7 Å². The Morgan fingerprint density at radius 1 is 1.42 bits per heavy atom. The quantitative estimate of drug-likeness (QED) is 0.910. The summed E-state index contributed by atoms with van der Waals surface area (Å²) < 4.78 is 13.3. The highest BCUT2D eigenvalue weighted by molar-refractivity contribution is 5.98. The van der Waals surface area contributed by atoms with E-state index in [0.29, 0.717) is 12.1 Å². The van der Waals surface area contributed by atoms with Gasteiger partial charge in [-0.3, -0.25) is 4.79 Å². The Balaban J connectivity index is 2.19. The monoisotopic (exact) mass is 264 g/mol. The van der Waals surface area contributed by atoms with Crippen LogP contribution >= 0.6 is 0 Å². The summed E-state index contributed by atoms with van der Waals surface area (Å²) in [5.41, 5.74) is 1.36. The smallest absolute Gasteiger partial charge is 0.244 e. The molecule has 4 heteroatoms. The van der Waals surface area contributed by atoms with Crippen molar-refractivity contribution >= 4 is 11.6 Å². The maximum atomic E-state index is 13.3. The SMILES string of the molecule is Cc1cc(N2CCCC(NC(C)C)C2=O)ccc1F. The van der Waals surface area contributed by atoms with Crippen LogP contribution in [0, 0.1) is 12.7 Å². The van der Waals surface area contributed by atoms with Crippen LogP contribution in [0.3, 0.4) is 0 Å². The number of carbonyl (C=O) groups excluding carboxylic acids is 1. The molecule has 1 aromatic carbocycles. The van der Waals surface area contributed by atoms with E-state index in [4.69, 9.17) is 0 Å². The van der Waals surface area contributed by atoms with Crippen molar-refractivity contribution in [2.24, 2.45) is 0 Å². The van der Waals surface area contributed by atoms with Crippen molar-refractivity contribution in [1.82, 2.24) is 5.32 Å². The second-order valence-electron chi connectivity index (χ2n) is 5.44. The van der Waals surface area contributed by atoms with E-state index in [9.17, 15) is 9.18 Å². The molecule has 0 radical (unpaired) electrons. The molecule has 0 bridgehead atoms. The van der Waals surface area contributed by atoms with Gasteiger partial charge in [-0.05, 0) is 43.5 Å². The Kier molecular flexibility index (Phi) is 4.20. The molecule has 1 saturated heterocycles. The lowest BCUT2D eigenvalue weighted by Gasteiger charge is -2.33. The first kappa shape index (κ1) is 14.0. The van der Waals surface area contributed by atoms with Gasteiger partial charge in [0.25, 0.3) is 0 Å². The van der Waals surface area contributed by atoms with Crippen LogP contribution in [0.2, 0.25) is 0 Å². The van der Waals surface area contributed by atoms with Gasteiger partial charge >= 0.3 is 0 Å². The lowest BCUT2D eigenvalue weighted by molar-refractivity contribution is -0.121. The van der Waals surface area contributed by atoms with Crippen molar-refractivity contribution in [1.29, 1.82) is 0 Å². The van der Waals surface area contributed by atoms with Crippen LogP contribution in [-0.2, 0) is 4.79 Å². The molecule has 2 rings (SSSR count). The molecule has 19 heavy (non-hydrogen) atoms. The second-order valence-corrected chi connectivity index (χ2v) is 5.44. The van der Waals surface area contributed by atoms with Gasteiger partial charge in [-0.1, -0.05) is 13.8 Å². The van der Waals surface area contributed by atoms with Crippen LogP contribution in [0.5, 0.6) is 0 Å². The minimum atomic E-state index is -0.231. The summed E-state index contributed by atoms with van der Waals surface area (Å²) in [6, 6.07) is 5.00. The van der Waals surface area contributed by atoms with Crippen LogP contribution in [0.1, 0.15) is 32.3 Å². The van der Waals surface area contributed by atoms with Gasteiger partial charge < -0.3 is 10.2 Å². The van der Waals surface area contributed by atoms with Crippen molar-refractivity contribution in [2.75, 3.05) is 11.4 Å². The predicted octanol–water partition coefficient (Wildman–Crippen LogP) is 2.63. The highest BCUT2D eigenvalue weighted by Gasteiger charge is 2.29. The summed E-state index contributed by atoms with van der Waals surface area (Å²) in [5, 5.41) is 3.29. The molecule has 0 aliphatic carbocycles. The Bertz CT molecular complexity index is 473. The fourth-order valence-corrected chi connectivity index (χ4v) is 2.49. The highest BCUT2D eigenvalue weighted by atomic mass is 19.1. The number of rotatable bonds is 3. The number of aryl methyl sites for hydroxylation is 1. The third-order valence-electron chi connectivity index (χ3n) is 3.43. The molecule has 3 nitrogen and oxygen atoms in total. The van der Waals surface area contributed by atoms with E-state index in [1.165, 1.54) is 6.07 Å². The number of benzene rings is 1. The number of carbonyl (C=O) groups is 1. The van der Waals surface area contributed by atoms with Gasteiger partial charge in [0.2, 0.25) is 5.91 Å². The number of halogens is 1. The normalized spacial score (nSPS) is 20.2. The number of hydrogen-bond donors (Lipinski definition) is 1. The van der Waals surface area contributed by atoms with Gasteiger partial charge in [-0.25, -0.2) is 4.39 Å². The number of nitrogens with zero attached hydrogens (tertiary/aromatic N) is 1. The fraction of sp³-hybridized carbons (Fsp3) is 0.533. The minimum Gasteiger partial charge on any atom is -0.311 e.